The Hall–Kier alpha value is -3.06. The van der Waals surface area contributed by atoms with Crippen molar-refractivity contribution in [3.8, 4) is 11.5 Å². The second kappa shape index (κ2) is 5.97. The van der Waals surface area contributed by atoms with Gasteiger partial charge in [-0.1, -0.05) is 18.2 Å². The van der Waals surface area contributed by atoms with E-state index in [0.717, 1.165) is 24.0 Å². The molecule has 7 heteroatoms. The summed E-state index contributed by atoms with van der Waals surface area (Å²) in [4.78, 5) is 29.2. The highest BCUT2D eigenvalue weighted by atomic mass is 16.7. The lowest BCUT2D eigenvalue weighted by atomic mass is 9.85. The van der Waals surface area contributed by atoms with Crippen molar-refractivity contribution in [1.82, 2.24) is 15.1 Å². The lowest BCUT2D eigenvalue weighted by molar-refractivity contribution is -0.146. The van der Waals surface area contributed by atoms with Gasteiger partial charge in [-0.2, -0.15) is 0 Å². The number of allylic oxidation sites excluding steroid dienone is 1. The van der Waals surface area contributed by atoms with Gasteiger partial charge in [0.2, 0.25) is 12.7 Å². The summed E-state index contributed by atoms with van der Waals surface area (Å²) in [5.41, 5.74) is 3.72. The Labute approximate surface area is 168 Å². The highest BCUT2D eigenvalue weighted by Gasteiger charge is 2.49. The molecule has 0 bridgehead atoms. The summed E-state index contributed by atoms with van der Waals surface area (Å²) in [6.45, 7) is 0.281. The number of piperazine rings is 1. The van der Waals surface area contributed by atoms with Gasteiger partial charge in [0.25, 0.3) is 5.91 Å². The molecule has 3 atom stereocenters. The van der Waals surface area contributed by atoms with Crippen molar-refractivity contribution in [2.75, 3.05) is 20.4 Å². The van der Waals surface area contributed by atoms with Crippen molar-refractivity contribution in [2.24, 2.45) is 0 Å². The van der Waals surface area contributed by atoms with Crippen molar-refractivity contribution >= 4 is 11.8 Å². The first kappa shape index (κ1) is 16.9. The van der Waals surface area contributed by atoms with Crippen LogP contribution in [0, 0.1) is 0 Å². The van der Waals surface area contributed by atoms with Crippen LogP contribution in [-0.2, 0) is 9.59 Å². The zero-order chi connectivity index (χ0) is 19.7. The number of nitrogens with one attached hydrogen (secondary N) is 1. The number of hydrogen-bond donors (Lipinski definition) is 1. The van der Waals surface area contributed by atoms with Crippen LogP contribution in [0.3, 0.4) is 0 Å². The summed E-state index contributed by atoms with van der Waals surface area (Å²) < 4.78 is 11.0. The van der Waals surface area contributed by atoms with Gasteiger partial charge >= 0.3 is 0 Å². The maximum atomic E-state index is 13.1. The number of nitrogens with zero attached hydrogens (tertiary/aromatic N) is 2. The molecule has 3 unspecified atom stereocenters. The number of fused-ring (bicyclic) bond motifs is 4. The predicted octanol–water partition coefficient (Wildman–Crippen LogP) is 1.64. The van der Waals surface area contributed by atoms with Crippen molar-refractivity contribution in [3.05, 3.63) is 58.8 Å². The fourth-order valence-corrected chi connectivity index (χ4v) is 5.09. The lowest BCUT2D eigenvalue weighted by Crippen LogP contribution is -2.57. The minimum Gasteiger partial charge on any atom is -0.454 e. The second-order valence-corrected chi connectivity index (χ2v) is 8.10. The number of carbonyl (C=O) groups is 2. The summed E-state index contributed by atoms with van der Waals surface area (Å²) in [5.74, 6) is 1.19. The molecule has 1 aromatic rings. The fraction of sp³-hybridized carbons (Fsp3) is 0.364. The van der Waals surface area contributed by atoms with Gasteiger partial charge in [-0.3, -0.25) is 14.5 Å². The summed E-state index contributed by atoms with van der Waals surface area (Å²) in [7, 11) is 1.67. The van der Waals surface area contributed by atoms with Crippen LogP contribution < -0.4 is 14.8 Å². The average Bonchev–Trinajstić information content (AvgIpc) is 3.34. The molecule has 0 saturated carbocycles. The van der Waals surface area contributed by atoms with E-state index in [4.69, 9.17) is 9.47 Å². The zero-order valence-corrected chi connectivity index (χ0v) is 16.1. The topological polar surface area (TPSA) is 71.1 Å². The van der Waals surface area contributed by atoms with Crippen LogP contribution in [0.4, 0.5) is 0 Å². The third kappa shape index (κ3) is 2.34. The molecule has 1 aromatic carbocycles. The number of likely N-dealkylation sites (N-methyl/N-ethyl adjacent to an activating group) is 1. The summed E-state index contributed by atoms with van der Waals surface area (Å²) in [6.07, 6.45) is 8.31. The molecule has 1 saturated heterocycles. The van der Waals surface area contributed by atoms with Crippen LogP contribution >= 0.6 is 0 Å². The molecule has 2 amide bonds. The summed E-state index contributed by atoms with van der Waals surface area (Å²) in [5, 5.41) is 3.73. The van der Waals surface area contributed by atoms with Gasteiger partial charge in [0.15, 0.2) is 11.5 Å². The van der Waals surface area contributed by atoms with Crippen LogP contribution in [0.2, 0.25) is 0 Å². The van der Waals surface area contributed by atoms with E-state index < -0.39 is 0 Å². The molecule has 6 rings (SSSR count). The predicted molar refractivity (Wildman–Crippen MR) is 104 cm³/mol. The largest absolute Gasteiger partial charge is 0.454 e. The van der Waals surface area contributed by atoms with E-state index >= 15 is 0 Å². The first-order chi connectivity index (χ1) is 14.1. The lowest BCUT2D eigenvalue weighted by Gasteiger charge is -2.45. The second-order valence-electron chi connectivity index (χ2n) is 8.10. The Morgan fingerprint density at radius 1 is 1.14 bits per heavy atom. The molecule has 0 spiro atoms. The van der Waals surface area contributed by atoms with E-state index in [1.165, 1.54) is 10.5 Å². The van der Waals surface area contributed by atoms with Crippen LogP contribution in [0.15, 0.2) is 53.3 Å². The van der Waals surface area contributed by atoms with Gasteiger partial charge in [0.05, 0.1) is 12.1 Å². The maximum Gasteiger partial charge on any atom is 0.270 e. The Kier molecular flexibility index (Phi) is 3.47. The average molecular weight is 391 g/mol. The molecular formula is C22H21N3O4. The number of rotatable bonds is 1. The van der Waals surface area contributed by atoms with Gasteiger partial charge in [-0.25, -0.2) is 0 Å². The Bertz CT molecular complexity index is 1040. The highest BCUT2D eigenvalue weighted by molar-refractivity contribution is 6.04. The number of amides is 2. The van der Waals surface area contributed by atoms with Gasteiger partial charge in [-0.05, 0) is 47.8 Å². The summed E-state index contributed by atoms with van der Waals surface area (Å²) in [6, 6.07) is 5.66. The van der Waals surface area contributed by atoms with E-state index in [1.54, 1.807) is 11.9 Å². The Balaban J connectivity index is 1.54. The molecule has 1 N–H and O–H groups in total. The van der Waals surface area contributed by atoms with Crippen molar-refractivity contribution in [3.63, 3.8) is 0 Å². The van der Waals surface area contributed by atoms with Gasteiger partial charge in [-0.15, -0.1) is 0 Å². The first-order valence-corrected chi connectivity index (χ1v) is 9.97. The first-order valence-electron chi connectivity index (χ1n) is 9.97. The molecule has 5 aliphatic rings. The molecule has 1 fully saturated rings. The molecular weight excluding hydrogens is 370 g/mol. The number of hydrogen-bond acceptors (Lipinski definition) is 5. The molecule has 1 aliphatic carbocycles. The third-order valence-electron chi connectivity index (χ3n) is 6.43. The molecule has 4 heterocycles. The Morgan fingerprint density at radius 3 is 2.90 bits per heavy atom. The fourth-order valence-electron chi connectivity index (χ4n) is 5.09. The minimum absolute atomic E-state index is 0.0676. The van der Waals surface area contributed by atoms with Crippen LogP contribution in [-0.4, -0.2) is 54.1 Å². The van der Waals surface area contributed by atoms with Gasteiger partial charge < -0.3 is 19.7 Å². The SMILES string of the molecule is CN1CC(=O)N2C(=CC3=C4C=CCCC4NC3C2c2ccc3c(c2)OCO3)C1=O. The number of benzene rings is 1. The number of carbonyl (C=O) groups excluding carboxylic acids is 2. The normalized spacial score (nSPS) is 29.7. The van der Waals surface area contributed by atoms with Crippen LogP contribution in [0.25, 0.3) is 0 Å². The molecule has 148 valence electrons. The molecule has 7 nitrogen and oxygen atoms in total. The van der Waals surface area contributed by atoms with E-state index in [1.807, 2.05) is 24.3 Å². The maximum absolute atomic E-state index is 13.1. The van der Waals surface area contributed by atoms with Crippen molar-refractivity contribution in [1.29, 1.82) is 0 Å². The molecule has 0 radical (unpaired) electrons. The smallest absolute Gasteiger partial charge is 0.270 e. The number of ether oxygens (including phenoxy) is 2. The van der Waals surface area contributed by atoms with Gasteiger partial charge in [0.1, 0.15) is 12.2 Å². The third-order valence-corrected chi connectivity index (χ3v) is 6.43. The van der Waals surface area contributed by atoms with Gasteiger partial charge in [0, 0.05) is 13.1 Å². The molecule has 29 heavy (non-hydrogen) atoms. The van der Waals surface area contributed by atoms with E-state index in [-0.39, 0.29) is 43.3 Å². The standard InChI is InChI=1S/C22H21N3O4/c1-24-10-19(26)25-16(22(24)27)9-14-13-4-2-3-5-15(13)23-20(14)21(25)12-6-7-17-18(8-12)29-11-28-17/h2,4,6-9,15,20-21,23H,3,5,10-11H2,1H3. The van der Waals surface area contributed by atoms with E-state index in [2.05, 4.69) is 17.5 Å². The van der Waals surface area contributed by atoms with Crippen LogP contribution in [0.5, 0.6) is 11.5 Å². The minimum atomic E-state index is -0.309. The molecule has 0 aromatic heterocycles. The van der Waals surface area contributed by atoms with Crippen LogP contribution in [0.1, 0.15) is 24.4 Å². The van der Waals surface area contributed by atoms with E-state index in [0.29, 0.717) is 17.2 Å². The quantitative estimate of drug-likeness (QED) is 0.788. The monoisotopic (exact) mass is 391 g/mol. The van der Waals surface area contributed by atoms with Crippen molar-refractivity contribution in [2.45, 2.75) is 31.0 Å². The highest BCUT2D eigenvalue weighted by Crippen LogP contribution is 2.46. The zero-order valence-electron chi connectivity index (χ0n) is 16.1. The molecule has 4 aliphatic heterocycles. The van der Waals surface area contributed by atoms with E-state index in [9.17, 15) is 9.59 Å². The Morgan fingerprint density at radius 2 is 2.00 bits per heavy atom. The van der Waals surface area contributed by atoms with Crippen molar-refractivity contribution < 1.29 is 19.1 Å². The summed E-state index contributed by atoms with van der Waals surface area (Å²) >= 11 is 0.